The van der Waals surface area contributed by atoms with Crippen LogP contribution in [-0.2, 0) is 16.6 Å². The zero-order valence-corrected chi connectivity index (χ0v) is 20.3. The van der Waals surface area contributed by atoms with Gasteiger partial charge in [0.05, 0.1) is 19.7 Å². The molecule has 2 saturated carbocycles. The first-order chi connectivity index (χ1) is 16.0. The number of likely N-dealkylation sites (tertiary alicyclic amines) is 1. The molecule has 8 rings (SSSR count). The third-order valence-electron chi connectivity index (χ3n) is 10.2. The quantitative estimate of drug-likeness (QED) is 0.689. The van der Waals surface area contributed by atoms with Crippen LogP contribution < -0.4 is 9.47 Å². The lowest BCUT2D eigenvalue weighted by Gasteiger charge is -2.66. The summed E-state index contributed by atoms with van der Waals surface area (Å²) in [5.74, 6) is 3.02. The number of carbonyl (C=O) groups excluding carboxylic acids is 1. The molecule has 5 atom stereocenters. The third-order valence-corrected chi connectivity index (χ3v) is 10.2. The minimum absolute atomic E-state index is 0.0191. The molecule has 4 bridgehead atoms. The Bertz CT molecular complexity index is 1010. The van der Waals surface area contributed by atoms with Gasteiger partial charge in [0.2, 0.25) is 5.91 Å². The topological polar surface area (TPSA) is 45.3 Å². The number of fused-ring (bicyclic) bond motifs is 3. The molecule has 4 aliphatic heterocycles. The number of hydrogen-bond acceptors (Lipinski definition) is 5. The Labute approximate surface area is 197 Å². The fourth-order valence-corrected chi connectivity index (χ4v) is 8.81. The molecule has 5 fully saturated rings. The molecule has 6 heteroatoms. The van der Waals surface area contributed by atoms with E-state index in [-0.39, 0.29) is 28.9 Å². The summed E-state index contributed by atoms with van der Waals surface area (Å²) in [5.41, 5.74) is 3.15. The Kier molecular flexibility index (Phi) is 4.29. The second kappa shape index (κ2) is 6.88. The lowest BCUT2D eigenvalue weighted by molar-refractivity contribution is -0.144. The fraction of sp³-hybridized carbons (Fsp3) is 0.741. The number of hydrogen-bond donors (Lipinski definition) is 0. The maximum absolute atomic E-state index is 13.4. The molecule has 1 aromatic carbocycles. The van der Waals surface area contributed by atoms with E-state index in [1.165, 1.54) is 36.9 Å². The predicted molar refractivity (Wildman–Crippen MR) is 126 cm³/mol. The van der Waals surface area contributed by atoms with E-state index in [9.17, 15) is 4.79 Å². The lowest BCUT2D eigenvalue weighted by Crippen LogP contribution is -2.72. The standard InChI is InChI=1S/C27H37N3O3/c1-28(2)16-22(31)30-13-10-26-9-8-19(30)25-27(26)11-12-29(15-17-4-5-17)21(26)14-18-6-7-20(32-3)24(33-25)23(18)27/h6-7,17,19,21,25H,4-5,8-16H2,1-3H3/t19-,21-,25+,26-,27+/m1/s1. The van der Waals surface area contributed by atoms with Crippen LogP contribution in [-0.4, -0.2) is 86.2 Å². The Morgan fingerprint density at radius 3 is 2.79 bits per heavy atom. The highest BCUT2D eigenvalue weighted by Crippen LogP contribution is 2.71. The summed E-state index contributed by atoms with van der Waals surface area (Å²) in [5, 5.41) is 0. The van der Waals surface area contributed by atoms with Gasteiger partial charge in [0.25, 0.3) is 0 Å². The smallest absolute Gasteiger partial charge is 0.237 e. The Morgan fingerprint density at radius 2 is 2.03 bits per heavy atom. The van der Waals surface area contributed by atoms with E-state index in [1.807, 2.05) is 19.0 Å². The van der Waals surface area contributed by atoms with Gasteiger partial charge in [0.15, 0.2) is 11.5 Å². The maximum atomic E-state index is 13.4. The molecule has 0 radical (unpaired) electrons. The van der Waals surface area contributed by atoms with Crippen LogP contribution in [0.15, 0.2) is 12.1 Å². The summed E-state index contributed by atoms with van der Waals surface area (Å²) in [6.45, 7) is 3.78. The second-order valence-corrected chi connectivity index (χ2v) is 11.9. The average molecular weight is 452 g/mol. The minimum Gasteiger partial charge on any atom is -0.493 e. The van der Waals surface area contributed by atoms with E-state index in [2.05, 4.69) is 21.9 Å². The zero-order valence-electron chi connectivity index (χ0n) is 20.3. The van der Waals surface area contributed by atoms with Gasteiger partial charge in [-0.25, -0.2) is 0 Å². The van der Waals surface area contributed by atoms with Crippen LogP contribution in [0.2, 0.25) is 0 Å². The van der Waals surface area contributed by atoms with Crippen LogP contribution in [0, 0.1) is 11.3 Å². The average Bonchev–Trinajstić information content (AvgIpc) is 3.57. The number of nitrogens with zero attached hydrogens (tertiary/aromatic N) is 3. The van der Waals surface area contributed by atoms with Crippen LogP contribution in [0.5, 0.6) is 11.5 Å². The summed E-state index contributed by atoms with van der Waals surface area (Å²) in [6.07, 6.45) is 8.50. The van der Waals surface area contributed by atoms with Crippen LogP contribution >= 0.6 is 0 Å². The van der Waals surface area contributed by atoms with E-state index in [4.69, 9.17) is 9.47 Å². The molecule has 3 saturated heterocycles. The largest absolute Gasteiger partial charge is 0.493 e. The van der Waals surface area contributed by atoms with Crippen molar-refractivity contribution in [2.24, 2.45) is 11.3 Å². The second-order valence-electron chi connectivity index (χ2n) is 11.9. The van der Waals surface area contributed by atoms with Crippen LogP contribution in [0.1, 0.15) is 49.7 Å². The maximum Gasteiger partial charge on any atom is 0.237 e. The van der Waals surface area contributed by atoms with Gasteiger partial charge in [-0.15, -0.1) is 0 Å². The molecular weight excluding hydrogens is 414 g/mol. The third kappa shape index (κ3) is 2.54. The van der Waals surface area contributed by atoms with Crippen molar-refractivity contribution >= 4 is 5.91 Å². The highest BCUT2D eigenvalue weighted by Gasteiger charge is 2.74. The summed E-state index contributed by atoms with van der Waals surface area (Å²) >= 11 is 0. The molecule has 0 N–H and O–H groups in total. The molecule has 33 heavy (non-hydrogen) atoms. The van der Waals surface area contributed by atoms with E-state index in [1.54, 1.807) is 7.11 Å². The molecule has 7 aliphatic rings. The van der Waals surface area contributed by atoms with Gasteiger partial charge in [-0.1, -0.05) is 6.07 Å². The normalized spacial score (nSPS) is 38.2. The van der Waals surface area contributed by atoms with Crippen molar-refractivity contribution in [2.75, 3.05) is 47.4 Å². The van der Waals surface area contributed by atoms with Gasteiger partial charge in [-0.2, -0.15) is 0 Å². The van der Waals surface area contributed by atoms with Gasteiger partial charge in [0.1, 0.15) is 6.10 Å². The molecule has 0 unspecified atom stereocenters. The molecule has 6 nitrogen and oxygen atoms in total. The number of methoxy groups -OCH3 is 1. The van der Waals surface area contributed by atoms with Crippen LogP contribution in [0.3, 0.4) is 0 Å². The first-order valence-electron chi connectivity index (χ1n) is 13.0. The van der Waals surface area contributed by atoms with Crippen molar-refractivity contribution in [3.8, 4) is 11.5 Å². The molecule has 3 aliphatic carbocycles. The summed E-state index contributed by atoms with van der Waals surface area (Å²) in [6, 6.07) is 5.16. The number of likely N-dealkylation sites (N-methyl/N-ethyl adjacent to an activating group) is 1. The highest BCUT2D eigenvalue weighted by atomic mass is 16.5. The van der Waals surface area contributed by atoms with Crippen molar-refractivity contribution in [1.82, 2.24) is 14.7 Å². The fourth-order valence-electron chi connectivity index (χ4n) is 8.81. The number of benzene rings is 1. The van der Waals surface area contributed by atoms with Gasteiger partial charge in [0, 0.05) is 35.5 Å². The monoisotopic (exact) mass is 451 g/mol. The van der Waals surface area contributed by atoms with E-state index >= 15 is 0 Å². The Morgan fingerprint density at radius 1 is 1.18 bits per heavy atom. The predicted octanol–water partition coefficient (Wildman–Crippen LogP) is 2.68. The lowest BCUT2D eigenvalue weighted by atomic mass is 9.42. The highest BCUT2D eigenvalue weighted by molar-refractivity contribution is 5.79. The van der Waals surface area contributed by atoms with E-state index in [0.29, 0.717) is 12.6 Å². The first kappa shape index (κ1) is 20.6. The van der Waals surface area contributed by atoms with Crippen molar-refractivity contribution < 1.29 is 14.3 Å². The van der Waals surface area contributed by atoms with Gasteiger partial charge in [-0.3, -0.25) is 9.69 Å². The molecule has 2 spiro atoms. The summed E-state index contributed by atoms with van der Waals surface area (Å²) in [4.78, 5) is 20.5. The zero-order chi connectivity index (χ0) is 22.5. The Hall–Kier alpha value is -1.79. The molecule has 1 amide bonds. The molecule has 0 aromatic heterocycles. The molecule has 178 valence electrons. The van der Waals surface area contributed by atoms with Gasteiger partial charge < -0.3 is 19.3 Å². The number of carbonyl (C=O) groups is 1. The van der Waals surface area contributed by atoms with Crippen molar-refractivity contribution in [1.29, 1.82) is 0 Å². The van der Waals surface area contributed by atoms with Crippen molar-refractivity contribution in [3.63, 3.8) is 0 Å². The van der Waals surface area contributed by atoms with Gasteiger partial charge >= 0.3 is 0 Å². The number of amides is 1. The van der Waals surface area contributed by atoms with E-state index < -0.39 is 0 Å². The Balaban J connectivity index is 1.40. The molecular formula is C27H37N3O3. The van der Waals surface area contributed by atoms with Crippen LogP contribution in [0.4, 0.5) is 0 Å². The number of rotatable bonds is 5. The number of piperidine rings is 1. The first-order valence-corrected chi connectivity index (χ1v) is 13.0. The summed E-state index contributed by atoms with van der Waals surface area (Å²) < 4.78 is 12.8. The van der Waals surface area contributed by atoms with E-state index in [0.717, 1.165) is 56.2 Å². The SMILES string of the molecule is COc1ccc2c3c1O[C@H]1[C@H]4CC[C@@]5(CCN4C(=O)CN(C)C)[C@@H](C2)N(CC2CC2)CC[C@]315. The summed E-state index contributed by atoms with van der Waals surface area (Å²) in [7, 11) is 5.74. The van der Waals surface area contributed by atoms with Crippen molar-refractivity contribution in [2.45, 2.75) is 68.5 Å². The number of ether oxygens (including phenoxy) is 2. The van der Waals surface area contributed by atoms with Gasteiger partial charge in [-0.05, 0) is 83.1 Å². The van der Waals surface area contributed by atoms with Crippen LogP contribution in [0.25, 0.3) is 0 Å². The molecule has 4 heterocycles. The van der Waals surface area contributed by atoms with Crippen molar-refractivity contribution in [3.05, 3.63) is 23.3 Å². The minimum atomic E-state index is 0.0191. The molecule has 1 aromatic rings.